The Labute approximate surface area is 202 Å². The summed E-state index contributed by atoms with van der Waals surface area (Å²) >= 11 is 0. The van der Waals surface area contributed by atoms with Gasteiger partial charge in [0, 0.05) is 43.4 Å². The first-order chi connectivity index (χ1) is 16.9. The number of nitrogens with zero attached hydrogens (tertiary/aromatic N) is 4. The molecule has 0 aliphatic heterocycles. The van der Waals surface area contributed by atoms with Crippen LogP contribution in [0.2, 0.25) is 0 Å². The van der Waals surface area contributed by atoms with Crippen LogP contribution in [0.15, 0.2) is 96.7 Å². The summed E-state index contributed by atoms with van der Waals surface area (Å²) in [7, 11) is -3.88. The van der Waals surface area contributed by atoms with Gasteiger partial charge in [-0.2, -0.15) is 4.31 Å². The van der Waals surface area contributed by atoms with Gasteiger partial charge in [0.25, 0.3) is 0 Å². The van der Waals surface area contributed by atoms with E-state index in [1.165, 1.54) is 29.1 Å². The Hall–Kier alpha value is -4.15. The molecule has 0 unspecified atom stereocenters. The van der Waals surface area contributed by atoms with Crippen molar-refractivity contribution in [2.45, 2.75) is 18.0 Å². The number of sulfonamides is 1. The van der Waals surface area contributed by atoms with E-state index in [2.05, 4.69) is 15.0 Å². The van der Waals surface area contributed by atoms with E-state index in [1.807, 2.05) is 24.3 Å². The Kier molecular flexibility index (Phi) is 7.44. The second kappa shape index (κ2) is 10.9. The van der Waals surface area contributed by atoms with Crippen LogP contribution < -0.4 is 4.74 Å². The molecule has 0 aliphatic rings. The number of carboxylic acid groups (broad SMARTS) is 1. The standard InChI is InChI=1S/C25H22N4O5S/c30-25(31)17-34-23-4-1-3-20(11-23)16-29(35(32,33)24-5-2-10-26-14-24)15-19-6-8-21(9-7-19)22-12-27-18-28-13-22/h1-14,18H,15-17H2,(H,30,31). The average Bonchev–Trinajstić information content (AvgIpc) is 2.89. The third kappa shape index (κ3) is 6.25. The van der Waals surface area contributed by atoms with Crippen LogP contribution in [0.5, 0.6) is 5.75 Å². The number of pyridine rings is 1. The molecule has 4 rings (SSSR count). The summed E-state index contributed by atoms with van der Waals surface area (Å²) in [5, 5.41) is 8.85. The van der Waals surface area contributed by atoms with Crippen LogP contribution in [0, 0.1) is 0 Å². The second-order valence-corrected chi connectivity index (χ2v) is 9.55. The number of carbonyl (C=O) groups is 1. The van der Waals surface area contributed by atoms with Crippen LogP contribution in [-0.2, 0) is 27.9 Å². The molecule has 0 fully saturated rings. The van der Waals surface area contributed by atoms with Gasteiger partial charge in [-0.25, -0.2) is 23.2 Å². The average molecular weight is 491 g/mol. The lowest BCUT2D eigenvalue weighted by Crippen LogP contribution is -2.30. The van der Waals surface area contributed by atoms with E-state index < -0.39 is 22.6 Å². The van der Waals surface area contributed by atoms with Gasteiger partial charge < -0.3 is 9.84 Å². The second-order valence-electron chi connectivity index (χ2n) is 7.62. The quantitative estimate of drug-likeness (QED) is 0.359. The van der Waals surface area contributed by atoms with Gasteiger partial charge in [0.15, 0.2) is 6.61 Å². The number of hydrogen-bond donors (Lipinski definition) is 1. The summed E-state index contributed by atoms with van der Waals surface area (Å²) in [6.07, 6.45) is 7.70. The Morgan fingerprint density at radius 1 is 0.857 bits per heavy atom. The molecule has 0 saturated heterocycles. The smallest absolute Gasteiger partial charge is 0.341 e. The van der Waals surface area contributed by atoms with Crippen LogP contribution in [0.25, 0.3) is 11.1 Å². The molecule has 0 aliphatic carbocycles. The van der Waals surface area contributed by atoms with E-state index in [1.54, 1.807) is 42.7 Å². The van der Waals surface area contributed by atoms with Crippen molar-refractivity contribution in [3.63, 3.8) is 0 Å². The number of carboxylic acids is 1. The van der Waals surface area contributed by atoms with E-state index >= 15 is 0 Å². The molecule has 0 spiro atoms. The third-order valence-corrected chi connectivity index (χ3v) is 6.87. The first-order valence-electron chi connectivity index (χ1n) is 10.6. The number of rotatable bonds is 10. The third-order valence-electron chi connectivity index (χ3n) is 5.10. The predicted molar refractivity (Wildman–Crippen MR) is 128 cm³/mol. The normalized spacial score (nSPS) is 11.3. The van der Waals surface area contributed by atoms with Crippen molar-refractivity contribution in [1.29, 1.82) is 0 Å². The molecule has 9 nitrogen and oxygen atoms in total. The lowest BCUT2D eigenvalue weighted by Gasteiger charge is -2.23. The molecule has 10 heteroatoms. The first kappa shape index (κ1) is 24.0. The minimum absolute atomic E-state index is 0.0514. The maximum absolute atomic E-state index is 13.5. The Bertz CT molecular complexity index is 1380. The molecule has 2 aromatic heterocycles. The summed E-state index contributed by atoms with van der Waals surface area (Å²) in [6, 6.07) is 17.3. The van der Waals surface area contributed by atoms with Crippen molar-refractivity contribution < 1.29 is 23.1 Å². The van der Waals surface area contributed by atoms with Gasteiger partial charge in [-0.05, 0) is 41.0 Å². The molecule has 178 valence electrons. The fourth-order valence-electron chi connectivity index (χ4n) is 3.41. The van der Waals surface area contributed by atoms with Crippen LogP contribution in [0.4, 0.5) is 0 Å². The van der Waals surface area contributed by atoms with Gasteiger partial charge in [0.2, 0.25) is 10.0 Å². The predicted octanol–water partition coefficient (Wildman–Crippen LogP) is 3.39. The molecule has 1 N–H and O–H groups in total. The highest BCUT2D eigenvalue weighted by atomic mass is 32.2. The molecule has 0 saturated carbocycles. The minimum Gasteiger partial charge on any atom is -0.482 e. The number of aromatic nitrogens is 3. The molecule has 4 aromatic rings. The van der Waals surface area contributed by atoms with Crippen LogP contribution >= 0.6 is 0 Å². The van der Waals surface area contributed by atoms with E-state index in [0.29, 0.717) is 11.3 Å². The molecule has 0 atom stereocenters. The molecule has 2 aromatic carbocycles. The zero-order valence-electron chi connectivity index (χ0n) is 18.6. The molecule has 2 heterocycles. The van der Waals surface area contributed by atoms with Crippen LogP contribution in [0.1, 0.15) is 11.1 Å². The monoisotopic (exact) mass is 490 g/mol. The Balaban J connectivity index is 1.61. The molecular weight excluding hydrogens is 468 g/mol. The summed E-state index contributed by atoms with van der Waals surface area (Å²) in [5.41, 5.74) is 3.21. The van der Waals surface area contributed by atoms with Crippen molar-refractivity contribution in [3.05, 3.63) is 103 Å². The van der Waals surface area contributed by atoms with Crippen molar-refractivity contribution in [2.75, 3.05) is 6.61 Å². The fraction of sp³-hybridized carbons (Fsp3) is 0.120. The highest BCUT2D eigenvalue weighted by molar-refractivity contribution is 7.89. The molecule has 0 amide bonds. The Morgan fingerprint density at radius 3 is 2.29 bits per heavy atom. The highest BCUT2D eigenvalue weighted by Gasteiger charge is 2.25. The highest BCUT2D eigenvalue weighted by Crippen LogP contribution is 2.24. The molecule has 0 bridgehead atoms. The topological polar surface area (TPSA) is 123 Å². The lowest BCUT2D eigenvalue weighted by atomic mass is 10.1. The maximum atomic E-state index is 13.5. The molecule has 35 heavy (non-hydrogen) atoms. The van der Waals surface area contributed by atoms with Crippen molar-refractivity contribution >= 4 is 16.0 Å². The lowest BCUT2D eigenvalue weighted by molar-refractivity contribution is -0.139. The van der Waals surface area contributed by atoms with Gasteiger partial charge in [-0.15, -0.1) is 0 Å². The van der Waals surface area contributed by atoms with Crippen molar-refractivity contribution in [1.82, 2.24) is 19.3 Å². The van der Waals surface area contributed by atoms with E-state index in [4.69, 9.17) is 9.84 Å². The number of ether oxygens (including phenoxy) is 1. The zero-order chi connectivity index (χ0) is 24.7. The number of hydrogen-bond acceptors (Lipinski definition) is 7. The van der Waals surface area contributed by atoms with Crippen molar-refractivity contribution in [3.8, 4) is 16.9 Å². The van der Waals surface area contributed by atoms with E-state index in [-0.39, 0.29) is 18.0 Å². The minimum atomic E-state index is -3.88. The van der Waals surface area contributed by atoms with E-state index in [0.717, 1.165) is 16.7 Å². The Morgan fingerprint density at radius 2 is 1.60 bits per heavy atom. The molecule has 0 radical (unpaired) electrons. The van der Waals surface area contributed by atoms with Gasteiger partial charge >= 0.3 is 5.97 Å². The SMILES string of the molecule is O=C(O)COc1cccc(CN(Cc2ccc(-c3cncnc3)cc2)S(=O)(=O)c2cccnc2)c1. The fourth-order valence-corrected chi connectivity index (χ4v) is 4.79. The van der Waals surface area contributed by atoms with Gasteiger partial charge in [-0.1, -0.05) is 36.4 Å². The number of benzene rings is 2. The first-order valence-corrected chi connectivity index (χ1v) is 12.0. The van der Waals surface area contributed by atoms with Gasteiger partial charge in [0.05, 0.1) is 0 Å². The van der Waals surface area contributed by atoms with Gasteiger partial charge in [0.1, 0.15) is 17.0 Å². The van der Waals surface area contributed by atoms with Crippen molar-refractivity contribution in [2.24, 2.45) is 0 Å². The molecular formula is C25H22N4O5S. The largest absolute Gasteiger partial charge is 0.482 e. The summed E-state index contributed by atoms with van der Waals surface area (Å²) in [4.78, 5) is 22.9. The summed E-state index contributed by atoms with van der Waals surface area (Å²) in [6.45, 7) is -0.321. The van der Waals surface area contributed by atoms with E-state index in [9.17, 15) is 13.2 Å². The summed E-state index contributed by atoms with van der Waals surface area (Å²) in [5.74, 6) is -0.750. The van der Waals surface area contributed by atoms with Crippen LogP contribution in [-0.4, -0.2) is 45.4 Å². The maximum Gasteiger partial charge on any atom is 0.341 e. The van der Waals surface area contributed by atoms with Gasteiger partial charge in [-0.3, -0.25) is 4.98 Å². The van der Waals surface area contributed by atoms with Crippen LogP contribution in [0.3, 0.4) is 0 Å². The summed E-state index contributed by atoms with van der Waals surface area (Å²) < 4.78 is 33.6. The zero-order valence-corrected chi connectivity index (χ0v) is 19.4. The number of aliphatic carboxylic acids is 1.